The molecule has 0 saturated heterocycles. The number of carbonyl (C=O) groups is 1. The molecule has 1 aromatic carbocycles. The fourth-order valence-electron chi connectivity index (χ4n) is 2.54. The first-order chi connectivity index (χ1) is 12.6. The number of aromatic nitrogens is 4. The van der Waals surface area contributed by atoms with Crippen LogP contribution in [0.25, 0.3) is 11.3 Å². The van der Waals surface area contributed by atoms with Gasteiger partial charge in [0, 0.05) is 30.4 Å². The first-order valence-corrected chi connectivity index (χ1v) is 8.08. The molecule has 0 radical (unpaired) electrons. The number of hydrogen-bond acceptors (Lipinski definition) is 5. The number of carbonyl (C=O) groups excluding carboxylic acids is 1. The summed E-state index contributed by atoms with van der Waals surface area (Å²) in [6, 6.07) is 9.10. The van der Waals surface area contributed by atoms with Gasteiger partial charge in [0.15, 0.2) is 0 Å². The number of amides is 1. The maximum Gasteiger partial charge on any atom is 0.269 e. The lowest BCUT2D eigenvalue weighted by atomic mass is 10.1. The summed E-state index contributed by atoms with van der Waals surface area (Å²) in [5.41, 5.74) is 2.19. The van der Waals surface area contributed by atoms with Crippen LogP contribution in [-0.4, -0.2) is 39.3 Å². The molecule has 1 amide bonds. The molecule has 134 valence electrons. The highest BCUT2D eigenvalue weighted by molar-refractivity contribution is 5.93. The Morgan fingerprint density at radius 1 is 1.35 bits per heavy atom. The normalized spacial score (nSPS) is 10.5. The van der Waals surface area contributed by atoms with Crippen molar-refractivity contribution in [2.24, 2.45) is 0 Å². The largest absolute Gasteiger partial charge is 0.496 e. The molecule has 0 unspecified atom stereocenters. The van der Waals surface area contributed by atoms with E-state index in [1.165, 1.54) is 17.1 Å². The average molecular weight is 353 g/mol. The van der Waals surface area contributed by atoms with E-state index in [9.17, 15) is 9.59 Å². The molecule has 3 aromatic rings. The molecule has 0 aliphatic heterocycles. The quantitative estimate of drug-likeness (QED) is 0.697. The Bertz CT molecular complexity index is 977. The summed E-state index contributed by atoms with van der Waals surface area (Å²) in [5.74, 6) is 0.379. The first-order valence-electron chi connectivity index (χ1n) is 8.08. The highest BCUT2D eigenvalue weighted by Gasteiger charge is 2.13. The fourth-order valence-corrected chi connectivity index (χ4v) is 2.54. The molecule has 0 aliphatic rings. The second kappa shape index (κ2) is 7.64. The molecule has 8 heteroatoms. The lowest BCUT2D eigenvalue weighted by Crippen LogP contribution is -2.31. The third kappa shape index (κ3) is 3.64. The number of H-pyrrole nitrogens is 1. The highest BCUT2D eigenvalue weighted by Crippen LogP contribution is 2.28. The van der Waals surface area contributed by atoms with Crippen LogP contribution in [0.3, 0.4) is 0 Å². The van der Waals surface area contributed by atoms with E-state index in [1.54, 1.807) is 20.1 Å². The molecule has 3 rings (SSSR count). The van der Waals surface area contributed by atoms with Crippen LogP contribution < -0.4 is 15.6 Å². The van der Waals surface area contributed by atoms with E-state index in [4.69, 9.17) is 4.74 Å². The number of benzene rings is 1. The Balaban J connectivity index is 1.65. The lowest BCUT2D eigenvalue weighted by Gasteiger charge is -2.06. The topological polar surface area (TPSA) is 102 Å². The summed E-state index contributed by atoms with van der Waals surface area (Å²) < 4.78 is 6.77. The summed E-state index contributed by atoms with van der Waals surface area (Å²) in [4.78, 5) is 28.2. The van der Waals surface area contributed by atoms with Crippen LogP contribution in [0, 0.1) is 6.92 Å². The van der Waals surface area contributed by atoms with E-state index < -0.39 is 0 Å². The van der Waals surface area contributed by atoms with Gasteiger partial charge < -0.3 is 10.1 Å². The molecule has 2 N–H and O–H groups in total. The molecule has 26 heavy (non-hydrogen) atoms. The smallest absolute Gasteiger partial charge is 0.269 e. The van der Waals surface area contributed by atoms with Crippen molar-refractivity contribution in [1.82, 2.24) is 25.1 Å². The number of nitrogens with zero attached hydrogens (tertiary/aromatic N) is 3. The summed E-state index contributed by atoms with van der Waals surface area (Å²) in [6.45, 7) is 2.34. The number of rotatable bonds is 6. The molecule has 0 spiro atoms. The molecular weight excluding hydrogens is 334 g/mol. The minimum absolute atomic E-state index is 0.116. The van der Waals surface area contributed by atoms with Crippen molar-refractivity contribution in [1.29, 1.82) is 0 Å². The Morgan fingerprint density at radius 2 is 2.15 bits per heavy atom. The molecule has 2 heterocycles. The second-order valence-corrected chi connectivity index (χ2v) is 5.70. The van der Waals surface area contributed by atoms with Crippen LogP contribution in [0.15, 0.2) is 47.7 Å². The maximum atomic E-state index is 12.3. The SMILES string of the molecule is COc1ccccc1-c1cc(C(=O)NCCn2cncc(C)c2=O)[nH]n1. The van der Waals surface area contributed by atoms with Gasteiger partial charge in [0.2, 0.25) is 0 Å². The van der Waals surface area contributed by atoms with E-state index in [0.717, 1.165) is 5.56 Å². The van der Waals surface area contributed by atoms with Crippen molar-refractivity contribution in [2.75, 3.05) is 13.7 Å². The standard InChI is InChI=1S/C18H19N5O3/c1-12-10-19-11-23(18(12)25)8-7-20-17(24)15-9-14(21-22-15)13-5-3-4-6-16(13)26-2/h3-6,9-11H,7-8H2,1-2H3,(H,20,24)(H,21,22). The van der Waals surface area contributed by atoms with Crippen LogP contribution in [0.5, 0.6) is 5.75 Å². The van der Waals surface area contributed by atoms with Crippen LogP contribution in [0.4, 0.5) is 0 Å². The predicted octanol–water partition coefficient (Wildman–Crippen LogP) is 1.38. The predicted molar refractivity (Wildman–Crippen MR) is 96.1 cm³/mol. The molecule has 0 fully saturated rings. The summed E-state index contributed by atoms with van der Waals surface area (Å²) in [5, 5.41) is 9.66. The third-order valence-electron chi connectivity index (χ3n) is 3.92. The van der Waals surface area contributed by atoms with Crippen molar-refractivity contribution >= 4 is 5.91 Å². The van der Waals surface area contributed by atoms with Gasteiger partial charge in [0.1, 0.15) is 11.4 Å². The van der Waals surface area contributed by atoms with Gasteiger partial charge in [0.25, 0.3) is 11.5 Å². The highest BCUT2D eigenvalue weighted by atomic mass is 16.5. The van der Waals surface area contributed by atoms with E-state index in [1.807, 2.05) is 24.3 Å². The zero-order chi connectivity index (χ0) is 18.5. The van der Waals surface area contributed by atoms with E-state index in [0.29, 0.717) is 35.8 Å². The lowest BCUT2D eigenvalue weighted by molar-refractivity contribution is 0.0947. The van der Waals surface area contributed by atoms with Gasteiger partial charge in [-0.3, -0.25) is 19.3 Å². The molecule has 0 atom stereocenters. The Kier molecular flexibility index (Phi) is 5.12. The molecular formula is C18H19N5O3. The number of methoxy groups -OCH3 is 1. The average Bonchev–Trinajstić information content (AvgIpc) is 3.15. The Morgan fingerprint density at radius 3 is 2.96 bits per heavy atom. The summed E-state index contributed by atoms with van der Waals surface area (Å²) in [7, 11) is 1.58. The van der Waals surface area contributed by atoms with Crippen molar-refractivity contribution in [3.8, 4) is 17.0 Å². The number of aryl methyl sites for hydroxylation is 1. The minimum Gasteiger partial charge on any atom is -0.496 e. The molecule has 2 aromatic heterocycles. The number of ether oxygens (including phenoxy) is 1. The van der Waals surface area contributed by atoms with Gasteiger partial charge in [-0.2, -0.15) is 5.10 Å². The fraction of sp³-hybridized carbons (Fsp3) is 0.222. The van der Waals surface area contributed by atoms with Crippen molar-refractivity contribution in [2.45, 2.75) is 13.5 Å². The van der Waals surface area contributed by atoms with Gasteiger partial charge in [-0.15, -0.1) is 0 Å². The van der Waals surface area contributed by atoms with Crippen LogP contribution in [0.1, 0.15) is 16.1 Å². The number of aromatic amines is 1. The summed E-state index contributed by atoms with van der Waals surface area (Å²) in [6.07, 6.45) is 2.97. The van der Waals surface area contributed by atoms with Gasteiger partial charge in [-0.05, 0) is 25.1 Å². The van der Waals surface area contributed by atoms with Crippen molar-refractivity contribution < 1.29 is 9.53 Å². The zero-order valence-corrected chi connectivity index (χ0v) is 14.5. The van der Waals surface area contributed by atoms with E-state index >= 15 is 0 Å². The molecule has 0 aliphatic carbocycles. The Labute approximate surface area is 149 Å². The minimum atomic E-state index is -0.299. The van der Waals surface area contributed by atoms with Gasteiger partial charge in [-0.1, -0.05) is 12.1 Å². The van der Waals surface area contributed by atoms with Gasteiger partial charge >= 0.3 is 0 Å². The van der Waals surface area contributed by atoms with Gasteiger partial charge in [0.05, 0.1) is 19.1 Å². The Hall–Kier alpha value is -3.42. The van der Waals surface area contributed by atoms with Crippen LogP contribution in [0.2, 0.25) is 0 Å². The van der Waals surface area contributed by atoms with Gasteiger partial charge in [-0.25, -0.2) is 4.98 Å². The van der Waals surface area contributed by atoms with E-state index in [2.05, 4.69) is 20.5 Å². The van der Waals surface area contributed by atoms with Crippen LogP contribution in [-0.2, 0) is 6.54 Å². The zero-order valence-electron chi connectivity index (χ0n) is 14.5. The van der Waals surface area contributed by atoms with Crippen LogP contribution >= 0.6 is 0 Å². The molecule has 0 saturated carbocycles. The second-order valence-electron chi connectivity index (χ2n) is 5.70. The first kappa shape index (κ1) is 17.4. The van der Waals surface area contributed by atoms with E-state index in [-0.39, 0.29) is 11.5 Å². The maximum absolute atomic E-state index is 12.3. The molecule has 8 nitrogen and oxygen atoms in total. The monoisotopic (exact) mass is 353 g/mol. The number of nitrogens with one attached hydrogen (secondary N) is 2. The summed E-state index contributed by atoms with van der Waals surface area (Å²) >= 11 is 0. The molecule has 0 bridgehead atoms. The number of hydrogen-bond donors (Lipinski definition) is 2. The number of para-hydroxylation sites is 1. The van der Waals surface area contributed by atoms with Crippen molar-refractivity contribution in [3.63, 3.8) is 0 Å². The third-order valence-corrected chi connectivity index (χ3v) is 3.92. The van der Waals surface area contributed by atoms with Crippen molar-refractivity contribution in [3.05, 3.63) is 64.5 Å².